The predicted octanol–water partition coefficient (Wildman–Crippen LogP) is 2.08. The van der Waals surface area contributed by atoms with Gasteiger partial charge < -0.3 is 30.3 Å². The van der Waals surface area contributed by atoms with Crippen molar-refractivity contribution < 1.29 is 24.6 Å². The molecule has 1 amide bonds. The Morgan fingerprint density at radius 1 is 1.34 bits per heavy atom. The molecule has 1 fully saturated rings. The number of rotatable bonds is 12. The van der Waals surface area contributed by atoms with E-state index < -0.39 is 17.3 Å². The highest BCUT2D eigenvalue weighted by Gasteiger charge is 2.29. The molecular formula is C22H32N4O6. The third-order valence-electron chi connectivity index (χ3n) is 5.70. The number of H-pyrrole nitrogens is 1. The van der Waals surface area contributed by atoms with Crippen LogP contribution in [0.15, 0.2) is 24.3 Å². The molecule has 3 atom stereocenters. The summed E-state index contributed by atoms with van der Waals surface area (Å²) in [4.78, 5) is 30.8. The van der Waals surface area contributed by atoms with Gasteiger partial charge in [-0.15, -0.1) is 10.1 Å². The van der Waals surface area contributed by atoms with Crippen LogP contribution in [0.4, 0.5) is 0 Å². The number of ether oxygens (including phenoxy) is 1. The van der Waals surface area contributed by atoms with Gasteiger partial charge in [0.15, 0.2) is 0 Å². The summed E-state index contributed by atoms with van der Waals surface area (Å²) in [7, 11) is 0. The van der Waals surface area contributed by atoms with Gasteiger partial charge in [-0.05, 0) is 43.9 Å². The van der Waals surface area contributed by atoms with E-state index in [1.54, 1.807) is 0 Å². The van der Waals surface area contributed by atoms with Crippen molar-refractivity contribution in [3.63, 3.8) is 0 Å². The summed E-state index contributed by atoms with van der Waals surface area (Å²) in [6, 6.07) is 7.76. The van der Waals surface area contributed by atoms with E-state index in [1.165, 1.54) is 0 Å². The van der Waals surface area contributed by atoms with E-state index in [0.717, 1.165) is 41.6 Å². The second kappa shape index (κ2) is 11.7. The van der Waals surface area contributed by atoms with Gasteiger partial charge in [0.2, 0.25) is 5.91 Å². The molecule has 1 aliphatic rings. The number of aliphatic hydroxyl groups is 1. The molecule has 0 radical (unpaired) electrons. The van der Waals surface area contributed by atoms with E-state index in [9.17, 15) is 20.0 Å². The first-order valence-electron chi connectivity index (χ1n) is 11.1. The van der Waals surface area contributed by atoms with Gasteiger partial charge in [0.05, 0.1) is 0 Å². The van der Waals surface area contributed by atoms with Gasteiger partial charge in [-0.25, -0.2) is 0 Å². The molecule has 3 unspecified atom stereocenters. The van der Waals surface area contributed by atoms with Crippen molar-refractivity contribution >= 4 is 16.8 Å². The van der Waals surface area contributed by atoms with E-state index in [0.29, 0.717) is 26.1 Å². The first kappa shape index (κ1) is 23.8. The average molecular weight is 449 g/mol. The first-order valence-corrected chi connectivity index (χ1v) is 11.1. The molecule has 2 aromatic rings. The maximum Gasteiger partial charge on any atom is 0.294 e. The fourth-order valence-corrected chi connectivity index (χ4v) is 4.16. The van der Waals surface area contributed by atoms with E-state index in [1.807, 2.05) is 31.2 Å². The Kier molecular flexibility index (Phi) is 8.69. The number of hydrogen-bond donors (Lipinski definition) is 4. The molecule has 176 valence electrons. The lowest BCUT2D eigenvalue weighted by Crippen LogP contribution is -2.39. The highest BCUT2D eigenvalue weighted by molar-refractivity contribution is 5.86. The highest BCUT2D eigenvalue weighted by Crippen LogP contribution is 2.29. The second-order valence-corrected chi connectivity index (χ2v) is 8.30. The molecule has 1 aliphatic carbocycles. The molecule has 10 nitrogen and oxygen atoms in total. The van der Waals surface area contributed by atoms with Crippen LogP contribution >= 0.6 is 0 Å². The monoisotopic (exact) mass is 448 g/mol. The standard InChI is InChI=1S/C22H32N4O6/c1-15-11-18-19(25-15)6-4-8-21(18)31-14-17(27)13-23-9-10-24-22(28)12-16-5-2-3-7-20(16)32-26(29)30/h4,6,8,11,16-17,20,23,25,27H,2-3,5,7,9-10,12-14H2,1H3,(H,24,28). The van der Waals surface area contributed by atoms with Crippen LogP contribution in [0, 0.1) is 23.0 Å². The maximum atomic E-state index is 12.2. The Bertz CT molecular complexity index is 902. The Balaban J connectivity index is 1.30. The van der Waals surface area contributed by atoms with Gasteiger partial charge in [-0.2, -0.15) is 0 Å². The van der Waals surface area contributed by atoms with E-state index in [4.69, 9.17) is 9.57 Å². The fraction of sp³-hybridized carbons (Fsp3) is 0.591. The molecule has 10 heteroatoms. The number of nitrogens with zero attached hydrogens (tertiary/aromatic N) is 1. The van der Waals surface area contributed by atoms with Crippen LogP contribution in [-0.4, -0.2) is 59.5 Å². The number of aliphatic hydroxyl groups excluding tert-OH is 1. The highest BCUT2D eigenvalue weighted by atomic mass is 17.0. The topological polar surface area (TPSA) is 139 Å². The van der Waals surface area contributed by atoms with Crippen molar-refractivity contribution in [3.05, 3.63) is 40.1 Å². The molecule has 1 heterocycles. The number of aromatic amines is 1. The quantitative estimate of drug-likeness (QED) is 0.221. The van der Waals surface area contributed by atoms with Crippen LogP contribution in [0.1, 0.15) is 37.8 Å². The molecule has 1 aromatic carbocycles. The lowest BCUT2D eigenvalue weighted by Gasteiger charge is -2.29. The smallest absolute Gasteiger partial charge is 0.294 e. The zero-order valence-corrected chi connectivity index (χ0v) is 18.3. The van der Waals surface area contributed by atoms with Crippen LogP contribution in [0.2, 0.25) is 0 Å². The molecule has 0 saturated heterocycles. The van der Waals surface area contributed by atoms with Gasteiger partial charge >= 0.3 is 0 Å². The van der Waals surface area contributed by atoms with Crippen LogP contribution in [0.25, 0.3) is 10.9 Å². The lowest BCUT2D eigenvalue weighted by atomic mass is 9.84. The number of carbonyl (C=O) groups excluding carboxylic acids is 1. The van der Waals surface area contributed by atoms with Crippen molar-refractivity contribution in [2.75, 3.05) is 26.2 Å². The number of amides is 1. The number of fused-ring (bicyclic) bond motifs is 1. The number of aromatic nitrogens is 1. The van der Waals surface area contributed by atoms with Crippen LogP contribution < -0.4 is 15.4 Å². The summed E-state index contributed by atoms with van der Waals surface area (Å²) in [6.07, 6.45) is 2.23. The van der Waals surface area contributed by atoms with Crippen molar-refractivity contribution in [3.8, 4) is 5.75 Å². The summed E-state index contributed by atoms with van der Waals surface area (Å²) in [5, 5.41) is 26.9. The Labute approximate surface area is 186 Å². The van der Waals surface area contributed by atoms with Gasteiger partial charge in [0, 0.05) is 42.7 Å². The SMILES string of the molecule is Cc1cc2c(OCC(O)CNCCNC(=O)CC3CCCCC3O[N+](=O)[O-])cccc2[nH]1. The number of nitrogens with one attached hydrogen (secondary N) is 3. The summed E-state index contributed by atoms with van der Waals surface area (Å²) in [6.45, 7) is 3.37. The number of benzene rings is 1. The zero-order chi connectivity index (χ0) is 22.9. The normalized spacial score (nSPS) is 19.4. The molecular weight excluding hydrogens is 416 g/mol. The van der Waals surface area contributed by atoms with Crippen LogP contribution in [-0.2, 0) is 9.63 Å². The minimum absolute atomic E-state index is 0.130. The Morgan fingerprint density at radius 3 is 2.97 bits per heavy atom. The van der Waals surface area contributed by atoms with Crippen molar-refractivity contribution in [1.82, 2.24) is 15.6 Å². The summed E-state index contributed by atoms with van der Waals surface area (Å²) >= 11 is 0. The predicted molar refractivity (Wildman–Crippen MR) is 119 cm³/mol. The number of carbonyl (C=O) groups is 1. The third-order valence-corrected chi connectivity index (χ3v) is 5.70. The van der Waals surface area contributed by atoms with Gasteiger partial charge in [0.1, 0.15) is 24.6 Å². The lowest BCUT2D eigenvalue weighted by molar-refractivity contribution is -0.771. The molecule has 4 N–H and O–H groups in total. The minimum Gasteiger partial charge on any atom is -0.490 e. The molecule has 1 saturated carbocycles. The van der Waals surface area contributed by atoms with Gasteiger partial charge in [-0.1, -0.05) is 18.9 Å². The summed E-state index contributed by atoms with van der Waals surface area (Å²) < 4.78 is 5.77. The van der Waals surface area contributed by atoms with Crippen molar-refractivity contribution in [1.29, 1.82) is 0 Å². The van der Waals surface area contributed by atoms with Crippen molar-refractivity contribution in [2.24, 2.45) is 5.92 Å². The van der Waals surface area contributed by atoms with Gasteiger partial charge in [0.25, 0.3) is 5.09 Å². The average Bonchev–Trinajstić information content (AvgIpc) is 3.13. The zero-order valence-electron chi connectivity index (χ0n) is 18.3. The van der Waals surface area contributed by atoms with Gasteiger partial charge in [-0.3, -0.25) is 4.79 Å². The summed E-state index contributed by atoms with van der Waals surface area (Å²) in [5.41, 5.74) is 2.04. The van der Waals surface area contributed by atoms with E-state index in [-0.39, 0.29) is 24.9 Å². The number of hydrogen-bond acceptors (Lipinski definition) is 7. The largest absolute Gasteiger partial charge is 0.490 e. The molecule has 0 aliphatic heterocycles. The number of aryl methyl sites for hydroxylation is 1. The Morgan fingerprint density at radius 2 is 2.16 bits per heavy atom. The maximum absolute atomic E-state index is 12.2. The summed E-state index contributed by atoms with van der Waals surface area (Å²) in [5.74, 6) is 0.448. The molecule has 32 heavy (non-hydrogen) atoms. The molecule has 0 spiro atoms. The van der Waals surface area contributed by atoms with E-state index >= 15 is 0 Å². The third kappa shape index (κ3) is 7.10. The van der Waals surface area contributed by atoms with Crippen molar-refractivity contribution in [2.45, 2.75) is 51.2 Å². The molecule has 0 bridgehead atoms. The fourth-order valence-electron chi connectivity index (χ4n) is 4.16. The molecule has 3 rings (SSSR count). The second-order valence-electron chi connectivity index (χ2n) is 8.30. The first-order chi connectivity index (χ1) is 15.4. The minimum atomic E-state index is -0.764. The van der Waals surface area contributed by atoms with Crippen LogP contribution in [0.5, 0.6) is 5.75 Å². The van der Waals surface area contributed by atoms with Crippen LogP contribution in [0.3, 0.4) is 0 Å². The molecule has 1 aromatic heterocycles. The Hall–Kier alpha value is -2.85. The van der Waals surface area contributed by atoms with E-state index in [2.05, 4.69) is 15.6 Å².